The number of thiazole rings is 1. The highest BCUT2D eigenvalue weighted by atomic mass is 35.5. The number of benzene rings is 1. The van der Waals surface area contributed by atoms with Crippen molar-refractivity contribution in [3.63, 3.8) is 0 Å². The molecule has 6 nitrogen and oxygen atoms in total. The van der Waals surface area contributed by atoms with Crippen LogP contribution in [0.15, 0.2) is 24.3 Å². The standard InChI is InChI=1S/C21H21ClF4N6S/c1-10-3-4-17(27)32(10)9-15-19(12-5-13(21(24,25)26)7-14(23)6-12)31-20(33-15)30-18-8-16(22)28-11(2)29-18/h5-8,10,17H,3-4,9,27H2,1-2H3,(H,28,29,30,31)/t10-,17+/m1/s1. The molecule has 0 bridgehead atoms. The summed E-state index contributed by atoms with van der Waals surface area (Å²) in [5.74, 6) is -0.155. The number of halogens is 5. The van der Waals surface area contributed by atoms with Crippen LogP contribution in [0.1, 0.15) is 36.0 Å². The minimum atomic E-state index is -4.69. The minimum absolute atomic E-state index is 0.0407. The first kappa shape index (κ1) is 23.8. The fraction of sp³-hybridized carbons (Fsp3) is 0.381. The number of likely N-dealkylation sites (tertiary alicyclic amines) is 1. The molecule has 3 N–H and O–H groups in total. The number of hydrogen-bond donors (Lipinski definition) is 2. The number of anilines is 2. The van der Waals surface area contributed by atoms with E-state index in [-0.39, 0.29) is 28.6 Å². The first-order chi connectivity index (χ1) is 15.5. The molecule has 1 fully saturated rings. The quantitative estimate of drug-likeness (QED) is 0.344. The first-order valence-corrected chi connectivity index (χ1v) is 11.4. The normalized spacial score (nSPS) is 19.3. The molecule has 3 heterocycles. The van der Waals surface area contributed by atoms with Crippen LogP contribution in [-0.2, 0) is 12.7 Å². The van der Waals surface area contributed by atoms with Crippen LogP contribution in [0.2, 0.25) is 5.15 Å². The van der Waals surface area contributed by atoms with E-state index in [4.69, 9.17) is 17.3 Å². The predicted octanol–water partition coefficient (Wildman–Crippen LogP) is 5.73. The second kappa shape index (κ2) is 9.13. The Morgan fingerprint density at radius 3 is 2.58 bits per heavy atom. The lowest BCUT2D eigenvalue weighted by Gasteiger charge is -2.25. The largest absolute Gasteiger partial charge is 0.416 e. The van der Waals surface area contributed by atoms with Gasteiger partial charge in [0, 0.05) is 29.1 Å². The van der Waals surface area contributed by atoms with Gasteiger partial charge in [-0.25, -0.2) is 19.3 Å². The molecule has 0 saturated carbocycles. The van der Waals surface area contributed by atoms with Crippen molar-refractivity contribution >= 4 is 33.9 Å². The summed E-state index contributed by atoms with van der Waals surface area (Å²) in [7, 11) is 0. The van der Waals surface area contributed by atoms with Crippen LogP contribution in [-0.4, -0.2) is 32.1 Å². The van der Waals surface area contributed by atoms with Gasteiger partial charge in [0.1, 0.15) is 22.6 Å². The Morgan fingerprint density at radius 1 is 1.18 bits per heavy atom. The number of hydrogen-bond acceptors (Lipinski definition) is 7. The van der Waals surface area contributed by atoms with Crippen molar-refractivity contribution < 1.29 is 17.6 Å². The van der Waals surface area contributed by atoms with Crippen LogP contribution in [0.5, 0.6) is 0 Å². The summed E-state index contributed by atoms with van der Waals surface area (Å²) in [6.07, 6.45) is -3.13. The van der Waals surface area contributed by atoms with E-state index in [1.54, 1.807) is 6.92 Å². The van der Waals surface area contributed by atoms with Crippen molar-refractivity contribution in [2.24, 2.45) is 5.73 Å². The van der Waals surface area contributed by atoms with Crippen LogP contribution < -0.4 is 11.1 Å². The second-order valence-electron chi connectivity index (χ2n) is 7.93. The zero-order valence-electron chi connectivity index (χ0n) is 17.7. The molecule has 1 aliphatic rings. The summed E-state index contributed by atoms with van der Waals surface area (Å²) < 4.78 is 54.1. The third-order valence-electron chi connectivity index (χ3n) is 5.44. The molecule has 1 saturated heterocycles. The molecule has 2 atom stereocenters. The van der Waals surface area contributed by atoms with Crippen molar-refractivity contribution in [2.45, 2.75) is 51.6 Å². The molecule has 0 radical (unpaired) electrons. The molecule has 1 aliphatic heterocycles. The summed E-state index contributed by atoms with van der Waals surface area (Å²) >= 11 is 7.24. The molecule has 0 spiro atoms. The highest BCUT2D eigenvalue weighted by Crippen LogP contribution is 2.38. The van der Waals surface area contributed by atoms with Crippen LogP contribution in [0.3, 0.4) is 0 Å². The Labute approximate surface area is 196 Å². The predicted molar refractivity (Wildman–Crippen MR) is 120 cm³/mol. The molecule has 0 amide bonds. The number of alkyl halides is 3. The van der Waals surface area contributed by atoms with Gasteiger partial charge in [-0.2, -0.15) is 13.2 Å². The maximum absolute atomic E-state index is 14.1. The van der Waals surface area contributed by atoms with E-state index in [1.807, 2.05) is 6.92 Å². The average Bonchev–Trinajstić information content (AvgIpc) is 3.24. The topological polar surface area (TPSA) is 80.0 Å². The molecule has 33 heavy (non-hydrogen) atoms. The van der Waals surface area contributed by atoms with E-state index in [0.717, 1.165) is 25.0 Å². The van der Waals surface area contributed by atoms with Crippen LogP contribution >= 0.6 is 22.9 Å². The highest BCUT2D eigenvalue weighted by Gasteiger charge is 2.33. The highest BCUT2D eigenvalue weighted by molar-refractivity contribution is 7.16. The first-order valence-electron chi connectivity index (χ1n) is 10.2. The molecular formula is C21H21ClF4N6S. The zero-order valence-corrected chi connectivity index (χ0v) is 19.3. The lowest BCUT2D eigenvalue weighted by atomic mass is 10.1. The van der Waals surface area contributed by atoms with Gasteiger partial charge in [-0.3, -0.25) is 4.90 Å². The molecule has 176 valence electrons. The maximum atomic E-state index is 14.1. The molecular weight excluding hydrogens is 480 g/mol. The summed E-state index contributed by atoms with van der Waals surface area (Å²) in [5, 5.41) is 3.65. The van der Waals surface area contributed by atoms with Crippen molar-refractivity contribution in [2.75, 3.05) is 5.32 Å². The van der Waals surface area contributed by atoms with Gasteiger partial charge in [-0.05, 0) is 44.9 Å². The van der Waals surface area contributed by atoms with Gasteiger partial charge in [-0.15, -0.1) is 0 Å². The van der Waals surface area contributed by atoms with Gasteiger partial charge >= 0.3 is 6.18 Å². The summed E-state index contributed by atoms with van der Waals surface area (Å²) in [4.78, 5) is 15.5. The summed E-state index contributed by atoms with van der Waals surface area (Å²) in [5.41, 5.74) is 5.46. The van der Waals surface area contributed by atoms with Crippen molar-refractivity contribution in [3.8, 4) is 11.3 Å². The number of aryl methyl sites for hydroxylation is 1. The second-order valence-corrected chi connectivity index (χ2v) is 9.40. The van der Waals surface area contributed by atoms with Crippen LogP contribution in [0, 0.1) is 12.7 Å². The van der Waals surface area contributed by atoms with E-state index in [9.17, 15) is 17.6 Å². The lowest BCUT2D eigenvalue weighted by molar-refractivity contribution is -0.137. The third-order valence-corrected chi connectivity index (χ3v) is 6.59. The van der Waals surface area contributed by atoms with Crippen molar-refractivity contribution in [1.29, 1.82) is 0 Å². The van der Waals surface area contributed by atoms with E-state index >= 15 is 0 Å². The smallest absolute Gasteiger partial charge is 0.316 e. The molecule has 1 aromatic carbocycles. The van der Waals surface area contributed by atoms with Gasteiger partial charge in [0.2, 0.25) is 0 Å². The van der Waals surface area contributed by atoms with E-state index in [0.29, 0.717) is 34.3 Å². The Balaban J connectivity index is 1.76. The molecule has 4 rings (SSSR count). The van der Waals surface area contributed by atoms with E-state index < -0.39 is 17.6 Å². The number of aromatic nitrogens is 3. The fourth-order valence-corrected chi connectivity index (χ4v) is 5.07. The Bertz CT molecular complexity index is 1140. The number of nitrogens with zero attached hydrogens (tertiary/aromatic N) is 4. The Kier molecular flexibility index (Phi) is 6.59. The molecule has 0 unspecified atom stereocenters. The van der Waals surface area contributed by atoms with E-state index in [1.165, 1.54) is 17.4 Å². The van der Waals surface area contributed by atoms with Gasteiger partial charge < -0.3 is 11.1 Å². The lowest BCUT2D eigenvalue weighted by Crippen LogP contribution is -2.39. The van der Waals surface area contributed by atoms with Gasteiger partial charge in [0.05, 0.1) is 17.4 Å². The average molecular weight is 501 g/mol. The minimum Gasteiger partial charge on any atom is -0.316 e. The Hall–Kier alpha value is -2.34. The Morgan fingerprint density at radius 2 is 1.94 bits per heavy atom. The van der Waals surface area contributed by atoms with Gasteiger partial charge in [0.25, 0.3) is 0 Å². The maximum Gasteiger partial charge on any atom is 0.416 e. The number of nitrogens with one attached hydrogen (secondary N) is 1. The summed E-state index contributed by atoms with van der Waals surface area (Å²) in [6, 6.07) is 4.14. The van der Waals surface area contributed by atoms with E-state index in [2.05, 4.69) is 25.2 Å². The van der Waals surface area contributed by atoms with Gasteiger partial charge in [0.15, 0.2) is 5.13 Å². The molecule has 3 aromatic rings. The number of rotatable bonds is 5. The molecule has 2 aromatic heterocycles. The van der Waals surface area contributed by atoms with Gasteiger partial charge in [-0.1, -0.05) is 22.9 Å². The number of nitrogens with two attached hydrogens (primary N) is 1. The third kappa shape index (κ3) is 5.43. The van der Waals surface area contributed by atoms with Crippen molar-refractivity contribution in [1.82, 2.24) is 19.9 Å². The fourth-order valence-electron chi connectivity index (χ4n) is 3.84. The zero-order chi connectivity index (χ0) is 23.9. The van der Waals surface area contributed by atoms with Crippen LogP contribution in [0.4, 0.5) is 28.5 Å². The summed E-state index contributed by atoms with van der Waals surface area (Å²) in [6.45, 7) is 4.10. The molecule has 0 aliphatic carbocycles. The SMILES string of the molecule is Cc1nc(Cl)cc(Nc2nc(-c3cc(F)cc(C(F)(F)F)c3)c(CN3[C@H](C)CC[C@H]3N)s2)n1. The van der Waals surface area contributed by atoms with Crippen LogP contribution in [0.25, 0.3) is 11.3 Å². The van der Waals surface area contributed by atoms with Crippen molar-refractivity contribution in [3.05, 3.63) is 51.5 Å². The molecule has 12 heteroatoms. The monoisotopic (exact) mass is 500 g/mol.